The zero-order chi connectivity index (χ0) is 14.4. The lowest BCUT2D eigenvalue weighted by molar-refractivity contribution is -0.150. The van der Waals surface area contributed by atoms with Gasteiger partial charge in [-0.25, -0.2) is 9.18 Å². The van der Waals surface area contributed by atoms with Crippen LogP contribution < -0.4 is 4.90 Å². The molecule has 0 fully saturated rings. The van der Waals surface area contributed by atoms with Crippen molar-refractivity contribution in [1.29, 1.82) is 0 Å². The second-order valence-corrected chi connectivity index (χ2v) is 3.91. The SMILES string of the molecule is CCN(C(=O)CO[C@@H](C)C(=O)O)c1ccc(F)cc1. The summed E-state index contributed by atoms with van der Waals surface area (Å²) in [7, 11) is 0. The number of rotatable bonds is 6. The zero-order valence-corrected chi connectivity index (χ0v) is 10.8. The number of benzene rings is 1. The van der Waals surface area contributed by atoms with Crippen molar-refractivity contribution in [3.63, 3.8) is 0 Å². The van der Waals surface area contributed by atoms with Gasteiger partial charge >= 0.3 is 5.97 Å². The van der Waals surface area contributed by atoms with Gasteiger partial charge < -0.3 is 14.7 Å². The normalized spacial score (nSPS) is 11.9. The number of carbonyl (C=O) groups is 2. The maximum absolute atomic E-state index is 12.8. The largest absolute Gasteiger partial charge is 0.479 e. The maximum Gasteiger partial charge on any atom is 0.332 e. The van der Waals surface area contributed by atoms with E-state index in [0.717, 1.165) is 0 Å². The Morgan fingerprint density at radius 3 is 2.42 bits per heavy atom. The van der Waals surface area contributed by atoms with E-state index in [1.807, 2.05) is 0 Å². The molecule has 1 aromatic carbocycles. The number of carboxylic acids is 1. The lowest BCUT2D eigenvalue weighted by atomic mass is 10.2. The molecule has 19 heavy (non-hydrogen) atoms. The van der Waals surface area contributed by atoms with Gasteiger partial charge in [0.05, 0.1) is 0 Å². The van der Waals surface area contributed by atoms with Crippen molar-refractivity contribution in [1.82, 2.24) is 0 Å². The summed E-state index contributed by atoms with van der Waals surface area (Å²) in [6.45, 7) is 3.17. The van der Waals surface area contributed by atoms with Crippen molar-refractivity contribution in [2.24, 2.45) is 0 Å². The second kappa shape index (κ2) is 6.84. The smallest absolute Gasteiger partial charge is 0.332 e. The van der Waals surface area contributed by atoms with Gasteiger partial charge in [0, 0.05) is 12.2 Å². The first kappa shape index (κ1) is 15.1. The van der Waals surface area contributed by atoms with E-state index in [9.17, 15) is 14.0 Å². The molecule has 0 aliphatic heterocycles. The monoisotopic (exact) mass is 269 g/mol. The van der Waals surface area contributed by atoms with Gasteiger partial charge in [0.25, 0.3) is 5.91 Å². The molecule has 1 N–H and O–H groups in total. The van der Waals surface area contributed by atoms with Gasteiger partial charge in [-0.05, 0) is 38.1 Å². The van der Waals surface area contributed by atoms with Crippen LogP contribution in [0, 0.1) is 5.82 Å². The molecule has 0 aliphatic carbocycles. The van der Waals surface area contributed by atoms with Gasteiger partial charge in [-0.2, -0.15) is 0 Å². The molecule has 0 aromatic heterocycles. The molecule has 0 saturated heterocycles. The van der Waals surface area contributed by atoms with Crippen LogP contribution in [0.4, 0.5) is 10.1 Å². The number of anilines is 1. The van der Waals surface area contributed by atoms with Gasteiger partial charge in [0.15, 0.2) is 6.10 Å². The number of carboxylic acid groups (broad SMARTS) is 1. The third kappa shape index (κ3) is 4.33. The molecule has 0 heterocycles. The summed E-state index contributed by atoms with van der Waals surface area (Å²) in [6.07, 6.45) is -1.05. The highest BCUT2D eigenvalue weighted by atomic mass is 19.1. The molecule has 0 radical (unpaired) electrons. The Morgan fingerprint density at radius 2 is 1.95 bits per heavy atom. The van der Waals surface area contributed by atoms with Gasteiger partial charge in [0.1, 0.15) is 12.4 Å². The number of halogens is 1. The van der Waals surface area contributed by atoms with E-state index in [1.165, 1.54) is 36.1 Å². The molecule has 0 unspecified atom stereocenters. The Kier molecular flexibility index (Phi) is 5.44. The number of hydrogen-bond donors (Lipinski definition) is 1. The topological polar surface area (TPSA) is 66.8 Å². The van der Waals surface area contributed by atoms with Gasteiger partial charge in [-0.3, -0.25) is 4.79 Å². The highest BCUT2D eigenvalue weighted by Crippen LogP contribution is 2.15. The molecule has 0 spiro atoms. The molecule has 5 nitrogen and oxygen atoms in total. The number of nitrogens with zero attached hydrogens (tertiary/aromatic N) is 1. The van der Waals surface area contributed by atoms with Gasteiger partial charge in [0.2, 0.25) is 0 Å². The van der Waals surface area contributed by atoms with E-state index in [0.29, 0.717) is 12.2 Å². The first-order valence-electron chi connectivity index (χ1n) is 5.86. The molecule has 1 aromatic rings. The second-order valence-electron chi connectivity index (χ2n) is 3.91. The number of carbonyl (C=O) groups excluding carboxylic acids is 1. The summed E-state index contributed by atoms with van der Waals surface area (Å²) in [5, 5.41) is 8.65. The molecule has 1 amide bonds. The molecular weight excluding hydrogens is 253 g/mol. The Bertz CT molecular complexity index is 446. The van der Waals surface area contributed by atoms with Crippen LogP contribution in [0.5, 0.6) is 0 Å². The number of hydrogen-bond acceptors (Lipinski definition) is 3. The molecular formula is C13H16FNO4. The van der Waals surface area contributed by atoms with Gasteiger partial charge in [-0.1, -0.05) is 0 Å². The Morgan fingerprint density at radius 1 is 1.37 bits per heavy atom. The van der Waals surface area contributed by atoms with E-state index in [4.69, 9.17) is 9.84 Å². The fourth-order valence-corrected chi connectivity index (χ4v) is 1.47. The summed E-state index contributed by atoms with van der Waals surface area (Å²) < 4.78 is 17.7. The number of ether oxygens (including phenoxy) is 1. The van der Waals surface area contributed by atoms with Crippen LogP contribution in [0.3, 0.4) is 0 Å². The van der Waals surface area contributed by atoms with Crippen molar-refractivity contribution in [2.75, 3.05) is 18.1 Å². The van der Waals surface area contributed by atoms with Crippen LogP contribution in [-0.2, 0) is 14.3 Å². The van der Waals surface area contributed by atoms with E-state index < -0.39 is 12.1 Å². The van der Waals surface area contributed by atoms with Crippen molar-refractivity contribution in [3.05, 3.63) is 30.1 Å². The predicted molar refractivity (Wildman–Crippen MR) is 67.5 cm³/mol. The summed E-state index contributed by atoms with van der Waals surface area (Å²) in [5.74, 6) is -1.89. The van der Waals surface area contributed by atoms with Crippen LogP contribution in [0.2, 0.25) is 0 Å². The van der Waals surface area contributed by atoms with E-state index >= 15 is 0 Å². The van der Waals surface area contributed by atoms with Crippen molar-refractivity contribution >= 4 is 17.6 Å². The lowest BCUT2D eigenvalue weighted by Gasteiger charge is -2.21. The molecule has 0 bridgehead atoms. The molecule has 1 atom stereocenters. The number of aliphatic carboxylic acids is 1. The van der Waals surface area contributed by atoms with Crippen LogP contribution in [-0.4, -0.2) is 36.2 Å². The minimum absolute atomic E-state index is 0.335. The quantitative estimate of drug-likeness (QED) is 0.853. The average Bonchev–Trinajstić information content (AvgIpc) is 2.38. The van der Waals surface area contributed by atoms with E-state index in [-0.39, 0.29) is 18.3 Å². The van der Waals surface area contributed by atoms with Gasteiger partial charge in [-0.15, -0.1) is 0 Å². The molecule has 1 rings (SSSR count). The van der Waals surface area contributed by atoms with Crippen LogP contribution in [0.1, 0.15) is 13.8 Å². The summed E-state index contributed by atoms with van der Waals surface area (Å²) in [6, 6.07) is 5.48. The molecule has 0 saturated carbocycles. The average molecular weight is 269 g/mol. The fraction of sp³-hybridized carbons (Fsp3) is 0.385. The summed E-state index contributed by atoms with van der Waals surface area (Å²) >= 11 is 0. The number of amides is 1. The minimum atomic E-state index is -1.13. The first-order chi connectivity index (χ1) is 8.95. The highest BCUT2D eigenvalue weighted by molar-refractivity contribution is 5.94. The molecule has 6 heteroatoms. The first-order valence-corrected chi connectivity index (χ1v) is 5.86. The zero-order valence-electron chi connectivity index (χ0n) is 10.8. The fourth-order valence-electron chi connectivity index (χ4n) is 1.47. The van der Waals surface area contributed by atoms with Crippen molar-refractivity contribution in [2.45, 2.75) is 20.0 Å². The van der Waals surface area contributed by atoms with Crippen LogP contribution >= 0.6 is 0 Å². The predicted octanol–water partition coefficient (Wildman–Crippen LogP) is 1.67. The minimum Gasteiger partial charge on any atom is -0.479 e. The van der Waals surface area contributed by atoms with Crippen LogP contribution in [0.15, 0.2) is 24.3 Å². The van der Waals surface area contributed by atoms with Crippen molar-refractivity contribution < 1.29 is 23.8 Å². The van der Waals surface area contributed by atoms with E-state index in [2.05, 4.69) is 0 Å². The Labute approximate surface area is 110 Å². The standard InChI is InChI=1S/C13H16FNO4/c1-3-15(11-6-4-10(14)5-7-11)12(16)8-19-9(2)13(17)18/h4-7,9H,3,8H2,1-2H3,(H,17,18)/t9-/m0/s1. The summed E-state index contributed by atoms with van der Waals surface area (Å²) in [5.41, 5.74) is 0.542. The maximum atomic E-state index is 12.8. The Hall–Kier alpha value is -1.95. The van der Waals surface area contributed by atoms with E-state index in [1.54, 1.807) is 6.92 Å². The number of likely N-dealkylation sites (N-methyl/N-ethyl adjacent to an activating group) is 1. The molecule has 0 aliphatic rings. The third-order valence-corrected chi connectivity index (χ3v) is 2.56. The molecule has 104 valence electrons. The van der Waals surface area contributed by atoms with Crippen molar-refractivity contribution in [3.8, 4) is 0 Å². The summed E-state index contributed by atoms with van der Waals surface area (Å²) in [4.78, 5) is 23.9. The third-order valence-electron chi connectivity index (χ3n) is 2.56. The lowest BCUT2D eigenvalue weighted by Crippen LogP contribution is -2.35. The van der Waals surface area contributed by atoms with Crippen LogP contribution in [0.25, 0.3) is 0 Å². The highest BCUT2D eigenvalue weighted by Gasteiger charge is 2.18. The Balaban J connectivity index is 2.67.